The highest BCUT2D eigenvalue weighted by molar-refractivity contribution is 6.03. The first-order valence-electron chi connectivity index (χ1n) is 7.29. The minimum atomic E-state index is -0.686. The third-order valence-corrected chi connectivity index (χ3v) is 3.19. The molecule has 0 bridgehead atoms. The van der Waals surface area contributed by atoms with Gasteiger partial charge in [0.15, 0.2) is 0 Å². The van der Waals surface area contributed by atoms with Crippen LogP contribution in [0.15, 0.2) is 54.6 Å². The molecule has 0 saturated carbocycles. The molecule has 0 radical (unpaired) electrons. The molecule has 0 heterocycles. The molecule has 24 heavy (non-hydrogen) atoms. The molecule has 2 aromatic carbocycles. The number of hydrogen-bond acceptors (Lipinski definition) is 4. The number of rotatable bonds is 5. The van der Waals surface area contributed by atoms with E-state index in [0.717, 1.165) is 0 Å². The summed E-state index contributed by atoms with van der Waals surface area (Å²) in [5.74, 6) is -1.06. The van der Waals surface area contributed by atoms with Gasteiger partial charge in [-0.1, -0.05) is 24.3 Å². The maximum atomic E-state index is 12.0. The van der Waals surface area contributed by atoms with Gasteiger partial charge < -0.3 is 16.4 Å². The maximum absolute atomic E-state index is 12.0. The quantitative estimate of drug-likeness (QED) is 0.672. The zero-order valence-corrected chi connectivity index (χ0v) is 13.1. The van der Waals surface area contributed by atoms with Crippen molar-refractivity contribution in [2.24, 2.45) is 5.73 Å². The van der Waals surface area contributed by atoms with Gasteiger partial charge in [0.05, 0.1) is 0 Å². The van der Waals surface area contributed by atoms with E-state index < -0.39 is 23.9 Å². The highest BCUT2D eigenvalue weighted by atomic mass is 16.2. The Morgan fingerprint density at radius 3 is 2.29 bits per heavy atom. The first-order valence-corrected chi connectivity index (χ1v) is 7.29. The lowest BCUT2D eigenvalue weighted by Gasteiger charge is -2.15. The Balaban J connectivity index is 1.91. The molecule has 2 rings (SSSR count). The zero-order chi connectivity index (χ0) is 17.5. The van der Waals surface area contributed by atoms with Gasteiger partial charge in [-0.05, 0) is 37.3 Å². The van der Waals surface area contributed by atoms with Crippen molar-refractivity contribution in [2.45, 2.75) is 13.0 Å². The monoisotopic (exact) mass is 326 g/mol. The van der Waals surface area contributed by atoms with Crippen LogP contribution in [-0.2, 0) is 4.79 Å². The Morgan fingerprint density at radius 2 is 1.62 bits per heavy atom. The number of primary amides is 1. The Kier molecular flexibility index (Phi) is 5.51. The number of anilines is 2. The van der Waals surface area contributed by atoms with Crippen LogP contribution in [-0.4, -0.2) is 23.9 Å². The molecular weight excluding hydrogens is 308 g/mol. The van der Waals surface area contributed by atoms with Crippen molar-refractivity contribution in [2.75, 3.05) is 10.6 Å². The lowest BCUT2D eigenvalue weighted by Crippen LogP contribution is -2.42. The fraction of sp³-hybridized carbons (Fsp3) is 0.118. The molecule has 0 saturated heterocycles. The molecule has 0 aromatic heterocycles. The average Bonchev–Trinajstić information content (AvgIpc) is 2.55. The van der Waals surface area contributed by atoms with E-state index in [0.29, 0.717) is 16.9 Å². The van der Waals surface area contributed by atoms with Crippen LogP contribution in [0.4, 0.5) is 16.2 Å². The van der Waals surface area contributed by atoms with Gasteiger partial charge in [0.1, 0.15) is 6.04 Å². The number of nitrogens with two attached hydrogens (primary N) is 1. The average molecular weight is 326 g/mol. The van der Waals surface area contributed by atoms with Crippen LogP contribution < -0.4 is 21.7 Å². The minimum Gasteiger partial charge on any atom is -0.374 e. The highest BCUT2D eigenvalue weighted by Gasteiger charge is 2.16. The van der Waals surface area contributed by atoms with E-state index >= 15 is 0 Å². The second-order valence-electron chi connectivity index (χ2n) is 5.12. The third-order valence-electron chi connectivity index (χ3n) is 3.19. The lowest BCUT2D eigenvalue weighted by atomic mass is 10.2. The van der Waals surface area contributed by atoms with E-state index in [4.69, 9.17) is 5.73 Å². The van der Waals surface area contributed by atoms with Crippen molar-refractivity contribution in [1.29, 1.82) is 0 Å². The topological polar surface area (TPSA) is 113 Å². The fourth-order valence-electron chi connectivity index (χ4n) is 1.98. The van der Waals surface area contributed by atoms with E-state index in [1.165, 1.54) is 6.07 Å². The van der Waals surface area contributed by atoms with E-state index in [1.54, 1.807) is 49.4 Å². The second kappa shape index (κ2) is 7.77. The number of benzene rings is 2. The molecule has 0 aliphatic carbocycles. The van der Waals surface area contributed by atoms with E-state index in [-0.39, 0.29) is 0 Å². The first-order chi connectivity index (χ1) is 11.5. The van der Waals surface area contributed by atoms with Crippen LogP contribution in [0.1, 0.15) is 17.3 Å². The minimum absolute atomic E-state index is 0.328. The number of para-hydroxylation sites is 1. The molecule has 4 amide bonds. The van der Waals surface area contributed by atoms with Crippen molar-refractivity contribution in [3.63, 3.8) is 0 Å². The molecule has 0 spiro atoms. The van der Waals surface area contributed by atoms with E-state index in [1.807, 2.05) is 6.07 Å². The summed E-state index contributed by atoms with van der Waals surface area (Å²) in [4.78, 5) is 35.0. The second-order valence-corrected chi connectivity index (χ2v) is 5.12. The summed E-state index contributed by atoms with van der Waals surface area (Å²) >= 11 is 0. The molecular formula is C17H18N4O3. The van der Waals surface area contributed by atoms with E-state index in [9.17, 15) is 14.4 Å². The SMILES string of the molecule is CC(Nc1cccc(C(N)=O)c1)C(=O)NC(=O)Nc1ccccc1. The fourth-order valence-corrected chi connectivity index (χ4v) is 1.98. The van der Waals surface area contributed by atoms with Crippen LogP contribution in [0.2, 0.25) is 0 Å². The van der Waals surface area contributed by atoms with Gasteiger partial charge in [0.2, 0.25) is 11.8 Å². The molecule has 0 aliphatic heterocycles. The number of carbonyl (C=O) groups excluding carboxylic acids is 3. The van der Waals surface area contributed by atoms with Gasteiger partial charge >= 0.3 is 6.03 Å². The number of hydrogen-bond donors (Lipinski definition) is 4. The summed E-state index contributed by atoms with van der Waals surface area (Å²) < 4.78 is 0. The van der Waals surface area contributed by atoms with Crippen molar-refractivity contribution < 1.29 is 14.4 Å². The van der Waals surface area contributed by atoms with Gasteiger partial charge in [-0.2, -0.15) is 0 Å². The Labute approximate surface area is 139 Å². The third kappa shape index (κ3) is 4.84. The zero-order valence-electron chi connectivity index (χ0n) is 13.1. The van der Waals surface area contributed by atoms with Gasteiger partial charge in [-0.3, -0.25) is 14.9 Å². The van der Waals surface area contributed by atoms with Crippen molar-refractivity contribution in [1.82, 2.24) is 5.32 Å². The molecule has 7 heteroatoms. The van der Waals surface area contributed by atoms with Gasteiger partial charge in [0, 0.05) is 16.9 Å². The molecule has 2 aromatic rings. The molecule has 0 fully saturated rings. The molecule has 1 atom stereocenters. The van der Waals surface area contributed by atoms with Crippen LogP contribution in [0.3, 0.4) is 0 Å². The predicted octanol–water partition coefficient (Wildman–Crippen LogP) is 1.93. The predicted molar refractivity (Wildman–Crippen MR) is 91.6 cm³/mol. The highest BCUT2D eigenvalue weighted by Crippen LogP contribution is 2.11. The standard InChI is InChI=1S/C17H18N4O3/c1-11(19-14-9-5-6-12(10-14)15(18)22)16(23)21-17(24)20-13-7-3-2-4-8-13/h2-11,19H,1H3,(H2,18,22)(H2,20,21,23,24). The molecule has 1 unspecified atom stereocenters. The van der Waals surface area contributed by atoms with Gasteiger partial charge in [0.25, 0.3) is 0 Å². The Bertz CT molecular complexity index is 747. The summed E-state index contributed by atoms with van der Waals surface area (Å²) in [5, 5.41) is 7.70. The smallest absolute Gasteiger partial charge is 0.325 e. The van der Waals surface area contributed by atoms with Crippen molar-refractivity contribution in [3.05, 3.63) is 60.2 Å². The van der Waals surface area contributed by atoms with Crippen molar-refractivity contribution >= 4 is 29.2 Å². The van der Waals surface area contributed by atoms with Gasteiger partial charge in [-0.25, -0.2) is 4.79 Å². The van der Waals surface area contributed by atoms with Gasteiger partial charge in [-0.15, -0.1) is 0 Å². The van der Waals surface area contributed by atoms with Crippen LogP contribution in [0.25, 0.3) is 0 Å². The molecule has 7 nitrogen and oxygen atoms in total. The van der Waals surface area contributed by atoms with Crippen LogP contribution in [0, 0.1) is 0 Å². The maximum Gasteiger partial charge on any atom is 0.325 e. The molecule has 5 N–H and O–H groups in total. The normalized spacial score (nSPS) is 11.2. The van der Waals surface area contributed by atoms with Crippen molar-refractivity contribution in [3.8, 4) is 0 Å². The Hall–Kier alpha value is -3.35. The van der Waals surface area contributed by atoms with Crippen LogP contribution in [0.5, 0.6) is 0 Å². The Morgan fingerprint density at radius 1 is 0.958 bits per heavy atom. The summed E-state index contributed by atoms with van der Waals surface area (Å²) in [6, 6.07) is 13.9. The number of nitrogens with one attached hydrogen (secondary N) is 3. The van der Waals surface area contributed by atoms with Crippen LogP contribution >= 0.6 is 0 Å². The number of urea groups is 1. The van der Waals surface area contributed by atoms with E-state index in [2.05, 4.69) is 16.0 Å². The lowest BCUT2D eigenvalue weighted by molar-refractivity contribution is -0.120. The number of carbonyl (C=O) groups is 3. The summed E-state index contributed by atoms with van der Waals surface area (Å²) in [6.07, 6.45) is 0. The number of imide groups is 1. The molecule has 124 valence electrons. The summed E-state index contributed by atoms with van der Waals surface area (Å²) in [6.45, 7) is 1.60. The first kappa shape index (κ1) is 17.0. The molecule has 0 aliphatic rings. The summed E-state index contributed by atoms with van der Waals surface area (Å²) in [5.41, 5.74) is 6.68. The number of amides is 4. The largest absolute Gasteiger partial charge is 0.374 e. The summed E-state index contributed by atoms with van der Waals surface area (Å²) in [7, 11) is 0.